The monoisotopic (exact) mass is 524 g/mol. The summed E-state index contributed by atoms with van der Waals surface area (Å²) in [4.78, 5) is 40.0. The van der Waals surface area contributed by atoms with E-state index in [1.54, 1.807) is 0 Å². The summed E-state index contributed by atoms with van der Waals surface area (Å²) >= 11 is 0. The number of ketones is 4. The number of carbonyl (C=O) groups is 4. The van der Waals surface area contributed by atoms with Crippen LogP contribution in [0, 0.1) is 6.42 Å². The maximum Gasteiger partial charge on any atom is 0.155 e. The summed E-state index contributed by atoms with van der Waals surface area (Å²) in [5.41, 5.74) is 0. The Morgan fingerprint density at radius 3 is 0.875 bits per heavy atom. The molecule has 0 aliphatic rings. The maximum absolute atomic E-state index is 10.0. The molecule has 24 heavy (non-hydrogen) atoms. The van der Waals surface area contributed by atoms with Crippen LogP contribution in [0.2, 0.25) is 0 Å². The van der Waals surface area contributed by atoms with Gasteiger partial charge in [0.15, 0.2) is 11.6 Å². The first-order valence-electron chi connectivity index (χ1n) is 6.44. The van der Waals surface area contributed by atoms with Crippen molar-refractivity contribution in [1.82, 2.24) is 0 Å². The summed E-state index contributed by atoms with van der Waals surface area (Å²) in [5, 5.41) is 23.7. The number of hydrogen-bond acceptors (Lipinski definition) is 7. The molecule has 0 atom stereocenters. The fraction of sp³-hybridized carbons (Fsp3) is 0.438. The summed E-state index contributed by atoms with van der Waals surface area (Å²) in [5.74, 6) is -0.500. The summed E-state index contributed by atoms with van der Waals surface area (Å²) < 4.78 is 0. The molecule has 0 bridgehead atoms. The molecule has 0 heterocycles. The van der Waals surface area contributed by atoms with E-state index in [9.17, 15) is 19.2 Å². The molecule has 0 saturated heterocycles. The van der Waals surface area contributed by atoms with Gasteiger partial charge in [0.1, 0.15) is 0 Å². The Labute approximate surface area is 156 Å². The number of aliphatic hydroxyl groups is 3. The minimum atomic E-state index is -0.187. The van der Waals surface area contributed by atoms with Crippen LogP contribution in [0.1, 0.15) is 41.5 Å². The molecule has 143 valence electrons. The van der Waals surface area contributed by atoms with Crippen molar-refractivity contribution in [3.05, 3.63) is 30.1 Å². The third-order valence-electron chi connectivity index (χ3n) is 1.23. The molecular weight excluding hydrogens is 496 g/mol. The zero-order chi connectivity index (χ0) is 19.6. The van der Waals surface area contributed by atoms with Crippen molar-refractivity contribution in [3.63, 3.8) is 0 Å². The van der Waals surface area contributed by atoms with Crippen LogP contribution >= 0.6 is 0 Å². The van der Waals surface area contributed by atoms with E-state index in [2.05, 4.69) is 0 Å². The molecule has 8 heteroatoms. The Balaban J connectivity index is -0.0000000699. The maximum atomic E-state index is 10.0. The van der Waals surface area contributed by atoms with Crippen LogP contribution in [0.3, 0.4) is 0 Å². The van der Waals surface area contributed by atoms with Gasteiger partial charge in [0.2, 0.25) is 0 Å². The van der Waals surface area contributed by atoms with Gasteiger partial charge in [-0.1, -0.05) is 0 Å². The molecule has 3 N–H and O–H groups in total. The van der Waals surface area contributed by atoms with Gasteiger partial charge in [0.25, 0.3) is 0 Å². The topological polar surface area (TPSA) is 129 Å². The molecule has 0 aliphatic carbocycles. The Morgan fingerprint density at radius 1 is 0.667 bits per heavy atom. The van der Waals surface area contributed by atoms with Gasteiger partial charge in [0, 0.05) is 50.9 Å². The largest absolute Gasteiger partial charge is 0.512 e. The second kappa shape index (κ2) is 23.5. The number of carbonyl (C=O) groups excluding carboxylic acids is 4. The standard InChI is InChI=1S/2C5H8O2.C5H7O2.CH4O.Ir/c3*1-4(6)3-5(2)7;1-2;/h2*3,6H,1-2H3;3H,1-2H3;2H,1H3;/q;;-1;;/b2*4-3-;;;. The fourth-order valence-electron chi connectivity index (χ4n) is 0.875. The van der Waals surface area contributed by atoms with Gasteiger partial charge in [-0.3, -0.25) is 16.0 Å². The molecule has 0 aromatic rings. The molecule has 0 aromatic carbocycles. The first-order valence-corrected chi connectivity index (χ1v) is 6.44. The Bertz CT molecular complexity index is 390. The van der Waals surface area contributed by atoms with Crippen LogP contribution in [0.15, 0.2) is 23.7 Å². The van der Waals surface area contributed by atoms with E-state index in [1.807, 2.05) is 0 Å². The number of allylic oxidation sites excluding steroid dienone is 4. The van der Waals surface area contributed by atoms with E-state index in [0.717, 1.165) is 13.5 Å². The Morgan fingerprint density at radius 2 is 0.875 bits per heavy atom. The minimum absolute atomic E-state index is 0. The van der Waals surface area contributed by atoms with Gasteiger partial charge in [-0.2, -0.15) is 0 Å². The summed E-state index contributed by atoms with van der Waals surface area (Å²) in [7, 11) is 1.00. The fourth-order valence-corrected chi connectivity index (χ4v) is 0.875. The van der Waals surface area contributed by atoms with Crippen molar-refractivity contribution in [2.75, 3.05) is 7.11 Å². The van der Waals surface area contributed by atoms with E-state index < -0.39 is 0 Å². The van der Waals surface area contributed by atoms with Crippen LogP contribution in [-0.2, 0) is 39.3 Å². The molecular formula is C16H27IrO7-. The zero-order valence-corrected chi connectivity index (χ0v) is 17.4. The predicted molar refractivity (Wildman–Crippen MR) is 87.9 cm³/mol. The quantitative estimate of drug-likeness (QED) is 0.223. The van der Waals surface area contributed by atoms with Crippen molar-refractivity contribution < 1.29 is 54.6 Å². The predicted octanol–water partition coefficient (Wildman–Crippen LogP) is 2.05. The van der Waals surface area contributed by atoms with Gasteiger partial charge in [-0.15, -0.1) is 0 Å². The second-order valence-corrected chi connectivity index (χ2v) is 4.16. The molecule has 0 aromatic heterocycles. The van der Waals surface area contributed by atoms with Crippen LogP contribution in [0.5, 0.6) is 0 Å². The van der Waals surface area contributed by atoms with E-state index in [-0.39, 0.29) is 54.8 Å². The van der Waals surface area contributed by atoms with Crippen LogP contribution in [-0.4, -0.2) is 45.6 Å². The van der Waals surface area contributed by atoms with Gasteiger partial charge in [0.05, 0.1) is 11.5 Å². The van der Waals surface area contributed by atoms with E-state index in [0.29, 0.717) is 0 Å². The van der Waals surface area contributed by atoms with Crippen LogP contribution in [0.25, 0.3) is 0 Å². The van der Waals surface area contributed by atoms with Crippen molar-refractivity contribution in [1.29, 1.82) is 0 Å². The molecule has 7 nitrogen and oxygen atoms in total. The van der Waals surface area contributed by atoms with E-state index in [4.69, 9.17) is 15.3 Å². The third kappa shape index (κ3) is 71.5. The number of rotatable bonds is 4. The van der Waals surface area contributed by atoms with Gasteiger partial charge >= 0.3 is 0 Å². The zero-order valence-electron chi connectivity index (χ0n) is 15.0. The van der Waals surface area contributed by atoms with Crippen molar-refractivity contribution in [2.24, 2.45) is 0 Å². The summed E-state index contributed by atoms with van der Waals surface area (Å²) in [6.07, 6.45) is 3.39. The molecule has 0 fully saturated rings. The van der Waals surface area contributed by atoms with Crippen molar-refractivity contribution in [2.45, 2.75) is 41.5 Å². The van der Waals surface area contributed by atoms with Crippen molar-refractivity contribution in [3.8, 4) is 0 Å². The van der Waals surface area contributed by atoms with Gasteiger partial charge < -0.3 is 24.9 Å². The number of Topliss-reactive ketones (excluding diaryl/α,β-unsaturated/α-hetero) is 2. The Kier molecular flexibility index (Phi) is 33.1. The molecule has 1 radical (unpaired) electrons. The minimum Gasteiger partial charge on any atom is -0.512 e. The SMILES string of the molecule is CC(=O)/C=C(/C)O.CC(=O)/C=C(/C)O.CC(=O)[CH-]C(C)=O.CO.[Ir]. The molecule has 0 saturated carbocycles. The normalized spacial score (nSPS) is 9.17. The molecule has 0 unspecified atom stereocenters. The Hall–Kier alpha value is -1.76. The van der Waals surface area contributed by atoms with Gasteiger partial charge in [-0.25, -0.2) is 0 Å². The second-order valence-electron chi connectivity index (χ2n) is 4.16. The molecule has 0 spiro atoms. The third-order valence-corrected chi connectivity index (χ3v) is 1.23. The molecule has 0 amide bonds. The molecule has 0 rings (SSSR count). The first kappa shape index (κ1) is 33.8. The average Bonchev–Trinajstić information content (AvgIpc) is 2.26. The number of hydrogen-bond donors (Lipinski definition) is 3. The molecule has 0 aliphatic heterocycles. The smallest absolute Gasteiger partial charge is 0.155 e. The summed E-state index contributed by atoms with van der Waals surface area (Å²) in [6, 6.07) is 0. The van der Waals surface area contributed by atoms with Crippen LogP contribution in [0.4, 0.5) is 0 Å². The van der Waals surface area contributed by atoms with E-state index in [1.165, 1.54) is 53.7 Å². The van der Waals surface area contributed by atoms with E-state index >= 15 is 0 Å². The van der Waals surface area contributed by atoms with Crippen LogP contribution < -0.4 is 0 Å². The average molecular weight is 524 g/mol. The number of aliphatic hydroxyl groups excluding tert-OH is 3. The summed E-state index contributed by atoms with van der Waals surface area (Å²) in [6.45, 7) is 8.39. The first-order chi connectivity index (χ1) is 10.4. The van der Waals surface area contributed by atoms with Gasteiger partial charge in [-0.05, 0) is 41.5 Å². The van der Waals surface area contributed by atoms with Crippen molar-refractivity contribution >= 4 is 23.1 Å².